The molecule has 6 rings (SSSR count). The van der Waals surface area contributed by atoms with Gasteiger partial charge in [-0.2, -0.15) is 13.2 Å². The van der Waals surface area contributed by atoms with E-state index >= 15 is 0 Å². The highest BCUT2D eigenvalue weighted by Gasteiger charge is 2.29. The van der Waals surface area contributed by atoms with E-state index in [9.17, 15) is 13.2 Å². The van der Waals surface area contributed by atoms with Crippen molar-refractivity contribution in [1.29, 1.82) is 0 Å². The second-order valence-electron chi connectivity index (χ2n) is 9.61. The third-order valence-corrected chi connectivity index (χ3v) is 9.07. The van der Waals surface area contributed by atoms with E-state index in [1.807, 2.05) is 24.3 Å². The molecule has 0 unspecified atom stereocenters. The van der Waals surface area contributed by atoms with Crippen LogP contribution < -0.4 is 0 Å². The Hall–Kier alpha value is -3.55. The minimum absolute atomic E-state index is 0.639. The van der Waals surface area contributed by atoms with E-state index in [-0.39, 0.29) is 0 Å². The van der Waals surface area contributed by atoms with Gasteiger partial charge in [0.25, 0.3) is 0 Å². The first-order chi connectivity index (χ1) is 19.4. The monoisotopic (exact) mass is 658 g/mol. The van der Waals surface area contributed by atoms with Crippen molar-refractivity contribution in [3.8, 4) is 44.5 Å². The number of halogens is 4. The Morgan fingerprint density at radius 1 is 0.400 bits per heavy atom. The molecule has 0 nitrogen and oxygen atoms in total. The molecule has 0 amide bonds. The molecule has 0 heterocycles. The van der Waals surface area contributed by atoms with Gasteiger partial charge in [-0.25, -0.2) is 0 Å². The summed E-state index contributed by atoms with van der Waals surface area (Å²) in [5, 5.41) is 2.32. The van der Waals surface area contributed by atoms with Crippen LogP contribution in [0.2, 0.25) is 0 Å². The minimum Gasteiger partial charge on any atom is -0.166 e. The van der Waals surface area contributed by atoms with Gasteiger partial charge < -0.3 is 0 Å². The Balaban J connectivity index is 1.24. The van der Waals surface area contributed by atoms with E-state index in [1.54, 1.807) is 8.93 Å². The zero-order valence-corrected chi connectivity index (χ0v) is 24.1. The Kier molecular flexibility index (Phi) is 7.43. The average molecular weight is 659 g/mol. The van der Waals surface area contributed by atoms with Crippen LogP contribution in [0.25, 0.3) is 55.3 Å². The number of alkyl halides is 3. The number of hydrogen-bond acceptors (Lipinski definition) is 1. The van der Waals surface area contributed by atoms with Crippen molar-refractivity contribution >= 4 is 40.9 Å². The predicted molar refractivity (Wildman–Crippen MR) is 171 cm³/mol. The van der Waals surface area contributed by atoms with Gasteiger partial charge in [0.05, 0.1) is 5.56 Å². The summed E-state index contributed by atoms with van der Waals surface area (Å²) in [5.41, 5.74) is 7.85. The summed E-state index contributed by atoms with van der Waals surface area (Å²) in [7, 11) is 1.71. The highest BCUT2D eigenvalue weighted by atomic mass is 127. The predicted octanol–water partition coefficient (Wildman–Crippen LogP) is 12.0. The van der Waals surface area contributed by atoms with Gasteiger partial charge in [-0.15, -0.1) is 0 Å². The molecule has 0 saturated carbocycles. The summed E-state index contributed by atoms with van der Waals surface area (Å²) < 4.78 is 38.7. The average Bonchev–Trinajstić information content (AvgIpc) is 3.00. The molecule has 196 valence electrons. The first kappa shape index (κ1) is 26.7. The first-order valence-electron chi connectivity index (χ1n) is 12.7. The van der Waals surface area contributed by atoms with Crippen molar-refractivity contribution in [2.45, 2.75) is 11.1 Å². The maximum absolute atomic E-state index is 12.9. The lowest BCUT2D eigenvalue weighted by Gasteiger charge is -2.10. The lowest BCUT2D eigenvalue weighted by atomic mass is 9.95. The summed E-state index contributed by atoms with van der Waals surface area (Å²) in [6, 6.07) is 43.4. The van der Waals surface area contributed by atoms with E-state index in [2.05, 4.69) is 106 Å². The maximum atomic E-state index is 12.9. The van der Waals surface area contributed by atoms with E-state index in [0.29, 0.717) is 0 Å². The van der Waals surface area contributed by atoms with Crippen LogP contribution in [0.4, 0.5) is 13.2 Å². The topological polar surface area (TPSA) is 0 Å². The lowest BCUT2D eigenvalue weighted by molar-refractivity contribution is -0.137. The summed E-state index contributed by atoms with van der Waals surface area (Å²) in [4.78, 5) is 1.24. The molecule has 0 aromatic heterocycles. The molecular formula is C35H22F3IS. The Morgan fingerprint density at radius 2 is 0.725 bits per heavy atom. The van der Waals surface area contributed by atoms with Gasteiger partial charge in [0, 0.05) is 26.1 Å². The van der Waals surface area contributed by atoms with E-state index in [0.717, 1.165) is 50.9 Å². The van der Waals surface area contributed by atoms with Crippen molar-refractivity contribution < 1.29 is 13.2 Å². The second kappa shape index (κ2) is 11.1. The lowest BCUT2D eigenvalue weighted by Crippen LogP contribution is -2.03. The Bertz CT molecular complexity index is 1770. The van der Waals surface area contributed by atoms with E-state index in [4.69, 9.17) is 0 Å². The van der Waals surface area contributed by atoms with Crippen molar-refractivity contribution in [3.05, 3.63) is 139 Å². The van der Waals surface area contributed by atoms with Crippen LogP contribution >= 0.6 is 30.1 Å². The van der Waals surface area contributed by atoms with Crippen molar-refractivity contribution in [2.75, 3.05) is 0 Å². The smallest absolute Gasteiger partial charge is 0.166 e. The fourth-order valence-corrected chi connectivity index (χ4v) is 5.99. The Labute approximate surface area is 247 Å². The molecule has 0 N–H and O–H groups in total. The largest absolute Gasteiger partial charge is 0.416 e. The summed E-state index contributed by atoms with van der Waals surface area (Å²) >= 11 is 2.30. The molecule has 0 aliphatic carbocycles. The molecule has 5 heteroatoms. The molecule has 0 aliphatic rings. The maximum Gasteiger partial charge on any atom is 0.416 e. The van der Waals surface area contributed by atoms with Crippen LogP contribution in [0.1, 0.15) is 5.56 Å². The van der Waals surface area contributed by atoms with Gasteiger partial charge >= 0.3 is 6.18 Å². The third kappa shape index (κ3) is 5.67. The molecule has 0 saturated heterocycles. The molecule has 0 aliphatic heterocycles. The van der Waals surface area contributed by atoms with E-state index < -0.39 is 11.7 Å². The Morgan fingerprint density at radius 3 is 1.10 bits per heavy atom. The minimum atomic E-state index is -4.33. The number of rotatable bonds is 5. The molecule has 0 spiro atoms. The fraction of sp³-hybridized carbons (Fsp3) is 0.0286. The van der Waals surface area contributed by atoms with Crippen LogP contribution in [0, 0.1) is 0 Å². The fourth-order valence-electron chi connectivity index (χ4n) is 4.87. The summed E-state index contributed by atoms with van der Waals surface area (Å²) in [5.74, 6) is 0. The molecule has 6 aromatic carbocycles. The number of hydrogen-bond donors (Lipinski definition) is 0. The molecule has 0 atom stereocenters. The van der Waals surface area contributed by atoms with Crippen LogP contribution in [0.15, 0.2) is 138 Å². The summed E-state index contributed by atoms with van der Waals surface area (Å²) in [6.07, 6.45) is -4.33. The molecule has 0 radical (unpaired) electrons. The van der Waals surface area contributed by atoms with Crippen LogP contribution in [0.5, 0.6) is 0 Å². The van der Waals surface area contributed by atoms with Crippen LogP contribution in [-0.2, 0) is 6.18 Å². The standard InChI is InChI=1S/C35H22F3IS/c36-35(37,38)33-17-13-25(14-18-33)23-1-5-27(6-2-23)30-11-9-29-10-12-31(22-32(29)21-30)28-7-3-24(4-8-28)26-15-19-34(40-39)20-16-26/h1-22H. The zero-order valence-electron chi connectivity index (χ0n) is 21.1. The molecule has 0 fully saturated rings. The zero-order chi connectivity index (χ0) is 27.7. The van der Waals surface area contributed by atoms with Gasteiger partial charge in [-0.05, 0) is 91.7 Å². The normalized spacial score (nSPS) is 11.6. The summed E-state index contributed by atoms with van der Waals surface area (Å²) in [6.45, 7) is 0. The highest BCUT2D eigenvalue weighted by molar-refractivity contribution is 14.2. The van der Waals surface area contributed by atoms with Crippen molar-refractivity contribution in [2.24, 2.45) is 0 Å². The van der Waals surface area contributed by atoms with Crippen LogP contribution in [-0.4, -0.2) is 0 Å². The highest BCUT2D eigenvalue weighted by Crippen LogP contribution is 2.34. The number of fused-ring (bicyclic) bond motifs is 1. The van der Waals surface area contributed by atoms with Gasteiger partial charge in [-0.1, -0.05) is 106 Å². The van der Waals surface area contributed by atoms with Crippen molar-refractivity contribution in [1.82, 2.24) is 0 Å². The molecule has 0 bridgehead atoms. The third-order valence-electron chi connectivity index (χ3n) is 7.10. The molecule has 40 heavy (non-hydrogen) atoms. The van der Waals surface area contributed by atoms with Gasteiger partial charge in [0.1, 0.15) is 0 Å². The second-order valence-corrected chi connectivity index (χ2v) is 11.6. The van der Waals surface area contributed by atoms with Gasteiger partial charge in [-0.3, -0.25) is 0 Å². The van der Waals surface area contributed by atoms with Gasteiger partial charge in [0.2, 0.25) is 0 Å². The van der Waals surface area contributed by atoms with E-state index in [1.165, 1.54) is 33.5 Å². The van der Waals surface area contributed by atoms with Crippen molar-refractivity contribution in [3.63, 3.8) is 0 Å². The molecular weight excluding hydrogens is 636 g/mol. The van der Waals surface area contributed by atoms with Gasteiger partial charge in [0.15, 0.2) is 0 Å². The number of benzene rings is 6. The van der Waals surface area contributed by atoms with Crippen LogP contribution in [0.3, 0.4) is 0 Å². The quantitative estimate of drug-likeness (QED) is 0.166. The first-order valence-corrected chi connectivity index (χ1v) is 16.0. The molecule has 6 aromatic rings. The SMILES string of the molecule is FC(F)(F)c1ccc(-c2ccc(-c3ccc4ccc(-c5ccc(-c6ccc(SI)cc6)cc5)cc4c3)cc2)cc1.